The highest BCUT2D eigenvalue weighted by atomic mass is 32.1. The molecule has 142 valence electrons. The number of fused-ring (bicyclic) bond motifs is 1. The molecule has 1 unspecified atom stereocenters. The van der Waals surface area contributed by atoms with E-state index in [-0.39, 0.29) is 12.2 Å². The SMILES string of the molecule is Cc1ccc(C(=O)CC2(O)C(=O)N(Cc3ccccc3C)c3ccccc32)s1. The summed E-state index contributed by atoms with van der Waals surface area (Å²) in [6, 6.07) is 18.7. The molecule has 1 aliphatic heterocycles. The van der Waals surface area contributed by atoms with Crippen LogP contribution in [0.5, 0.6) is 0 Å². The monoisotopic (exact) mass is 391 g/mol. The molecule has 1 N–H and O–H groups in total. The normalized spacial score (nSPS) is 18.4. The number of rotatable bonds is 5. The number of hydrogen-bond donors (Lipinski definition) is 1. The molecule has 3 aromatic rings. The smallest absolute Gasteiger partial charge is 0.264 e. The van der Waals surface area contributed by atoms with Crippen molar-refractivity contribution in [3.8, 4) is 0 Å². The van der Waals surface area contributed by atoms with Crippen LogP contribution in [-0.4, -0.2) is 16.8 Å². The Balaban J connectivity index is 1.70. The summed E-state index contributed by atoms with van der Waals surface area (Å²) in [5.74, 6) is -0.667. The lowest BCUT2D eigenvalue weighted by Crippen LogP contribution is -2.41. The fraction of sp³-hybridized carbons (Fsp3) is 0.217. The minimum absolute atomic E-state index is 0.221. The van der Waals surface area contributed by atoms with Gasteiger partial charge in [-0.1, -0.05) is 42.5 Å². The number of anilines is 1. The number of aliphatic hydroxyl groups is 1. The Kier molecular flexibility index (Phi) is 4.65. The van der Waals surface area contributed by atoms with Crippen LogP contribution in [0.4, 0.5) is 5.69 Å². The van der Waals surface area contributed by atoms with Crippen LogP contribution >= 0.6 is 11.3 Å². The number of carbonyl (C=O) groups excluding carboxylic acids is 2. The van der Waals surface area contributed by atoms with E-state index in [4.69, 9.17) is 0 Å². The van der Waals surface area contributed by atoms with Gasteiger partial charge in [-0.15, -0.1) is 11.3 Å². The number of para-hydroxylation sites is 1. The number of ketones is 1. The van der Waals surface area contributed by atoms with E-state index in [0.29, 0.717) is 22.7 Å². The second-order valence-corrected chi connectivity index (χ2v) is 8.49. The maximum Gasteiger partial charge on any atom is 0.264 e. The molecule has 0 radical (unpaired) electrons. The van der Waals surface area contributed by atoms with Crippen LogP contribution < -0.4 is 4.90 Å². The van der Waals surface area contributed by atoms with Crippen LogP contribution in [0.3, 0.4) is 0 Å². The first-order chi connectivity index (χ1) is 13.4. The lowest BCUT2D eigenvalue weighted by molar-refractivity contribution is -0.136. The minimum Gasteiger partial charge on any atom is -0.375 e. The largest absolute Gasteiger partial charge is 0.375 e. The van der Waals surface area contributed by atoms with Gasteiger partial charge in [-0.2, -0.15) is 0 Å². The lowest BCUT2D eigenvalue weighted by Gasteiger charge is -2.23. The molecule has 28 heavy (non-hydrogen) atoms. The van der Waals surface area contributed by atoms with Crippen LogP contribution in [-0.2, 0) is 16.9 Å². The number of benzene rings is 2. The molecule has 2 heterocycles. The zero-order valence-electron chi connectivity index (χ0n) is 15.8. The predicted octanol–water partition coefficient (Wildman–Crippen LogP) is 4.37. The summed E-state index contributed by atoms with van der Waals surface area (Å²) >= 11 is 1.38. The van der Waals surface area contributed by atoms with Gasteiger partial charge < -0.3 is 10.0 Å². The van der Waals surface area contributed by atoms with E-state index in [2.05, 4.69) is 0 Å². The van der Waals surface area contributed by atoms with E-state index in [9.17, 15) is 14.7 Å². The van der Waals surface area contributed by atoms with Crippen LogP contribution in [0.2, 0.25) is 0 Å². The van der Waals surface area contributed by atoms with Gasteiger partial charge in [0, 0.05) is 10.4 Å². The van der Waals surface area contributed by atoms with Crippen LogP contribution in [0.1, 0.15) is 37.7 Å². The molecule has 1 aliphatic rings. The number of Topliss-reactive ketones (excluding diaryl/α,β-unsaturated/α-hetero) is 1. The van der Waals surface area contributed by atoms with Gasteiger partial charge in [-0.3, -0.25) is 9.59 Å². The van der Waals surface area contributed by atoms with Crippen LogP contribution in [0.15, 0.2) is 60.7 Å². The summed E-state index contributed by atoms with van der Waals surface area (Å²) in [7, 11) is 0. The Morgan fingerprint density at radius 1 is 1.04 bits per heavy atom. The summed E-state index contributed by atoms with van der Waals surface area (Å²) < 4.78 is 0. The maximum atomic E-state index is 13.3. The first kappa shape index (κ1) is 18.6. The van der Waals surface area contributed by atoms with E-state index in [1.165, 1.54) is 11.3 Å². The molecule has 1 amide bonds. The number of nitrogens with zero attached hydrogens (tertiary/aromatic N) is 1. The number of amides is 1. The average molecular weight is 391 g/mol. The van der Waals surface area contributed by atoms with E-state index < -0.39 is 11.5 Å². The van der Waals surface area contributed by atoms with Crippen LogP contribution in [0.25, 0.3) is 0 Å². The van der Waals surface area contributed by atoms with Crippen LogP contribution in [0, 0.1) is 13.8 Å². The van der Waals surface area contributed by atoms with Crippen molar-refractivity contribution in [1.82, 2.24) is 0 Å². The molecule has 4 rings (SSSR count). The van der Waals surface area contributed by atoms with Gasteiger partial charge >= 0.3 is 0 Å². The summed E-state index contributed by atoms with van der Waals surface area (Å²) in [5, 5.41) is 11.4. The first-order valence-electron chi connectivity index (χ1n) is 9.18. The van der Waals surface area contributed by atoms with Crippen molar-refractivity contribution in [3.05, 3.63) is 87.1 Å². The highest BCUT2D eigenvalue weighted by Gasteiger charge is 2.50. The second kappa shape index (κ2) is 7.00. The third-order valence-electron chi connectivity index (χ3n) is 5.26. The molecule has 4 nitrogen and oxygen atoms in total. The summed E-state index contributed by atoms with van der Waals surface area (Å²) in [4.78, 5) is 29.2. The van der Waals surface area contributed by atoms with Gasteiger partial charge in [0.2, 0.25) is 0 Å². The first-order valence-corrected chi connectivity index (χ1v) is 10.00. The lowest BCUT2D eigenvalue weighted by atomic mass is 9.89. The Bertz CT molecular complexity index is 1070. The number of aryl methyl sites for hydroxylation is 2. The molecule has 0 spiro atoms. The number of carbonyl (C=O) groups is 2. The summed E-state index contributed by atoms with van der Waals surface area (Å²) in [6.07, 6.45) is -0.257. The molecule has 0 saturated heterocycles. The molecule has 0 bridgehead atoms. The van der Waals surface area contributed by atoms with Crippen molar-refractivity contribution in [2.24, 2.45) is 0 Å². The van der Waals surface area contributed by atoms with Gasteiger partial charge in [0.15, 0.2) is 11.4 Å². The third kappa shape index (κ3) is 3.07. The van der Waals surface area contributed by atoms with Crippen molar-refractivity contribution in [1.29, 1.82) is 0 Å². The van der Waals surface area contributed by atoms with Gasteiger partial charge in [0.05, 0.1) is 23.5 Å². The molecule has 1 aromatic heterocycles. The Morgan fingerprint density at radius 2 is 1.75 bits per heavy atom. The molecule has 0 saturated carbocycles. The topological polar surface area (TPSA) is 57.6 Å². The van der Waals surface area contributed by atoms with E-state index in [1.807, 2.05) is 56.3 Å². The van der Waals surface area contributed by atoms with Crippen molar-refractivity contribution in [2.45, 2.75) is 32.4 Å². The van der Waals surface area contributed by atoms with E-state index >= 15 is 0 Å². The predicted molar refractivity (Wildman–Crippen MR) is 111 cm³/mol. The maximum absolute atomic E-state index is 13.3. The molecule has 0 fully saturated rings. The van der Waals surface area contributed by atoms with Gasteiger partial charge in [-0.05, 0) is 43.2 Å². The zero-order chi connectivity index (χ0) is 19.9. The molecular formula is C23H21NO3S. The standard InChI is InChI=1S/C23H21NO3S/c1-15-7-3-4-8-17(15)14-24-19-10-6-5-9-18(19)23(27,22(24)26)13-20(25)21-12-11-16(2)28-21/h3-12,27H,13-14H2,1-2H3. The average Bonchev–Trinajstić information content (AvgIpc) is 3.20. The Morgan fingerprint density at radius 3 is 2.46 bits per heavy atom. The van der Waals surface area contributed by atoms with Crippen molar-refractivity contribution in [2.75, 3.05) is 4.90 Å². The zero-order valence-corrected chi connectivity index (χ0v) is 16.6. The summed E-state index contributed by atoms with van der Waals surface area (Å²) in [5.41, 5.74) is 1.40. The van der Waals surface area contributed by atoms with Crippen molar-refractivity contribution < 1.29 is 14.7 Å². The highest BCUT2D eigenvalue weighted by molar-refractivity contribution is 7.14. The highest BCUT2D eigenvalue weighted by Crippen LogP contribution is 2.43. The van der Waals surface area contributed by atoms with Gasteiger partial charge in [0.1, 0.15) is 0 Å². The Labute approximate surface area is 168 Å². The summed E-state index contributed by atoms with van der Waals surface area (Å²) in [6.45, 7) is 4.28. The van der Waals surface area contributed by atoms with Crippen molar-refractivity contribution in [3.63, 3.8) is 0 Å². The van der Waals surface area contributed by atoms with Crippen molar-refractivity contribution >= 4 is 28.7 Å². The molecule has 5 heteroatoms. The minimum atomic E-state index is -1.84. The molecular weight excluding hydrogens is 370 g/mol. The van der Waals surface area contributed by atoms with Gasteiger partial charge in [-0.25, -0.2) is 0 Å². The number of hydrogen-bond acceptors (Lipinski definition) is 4. The van der Waals surface area contributed by atoms with E-state index in [0.717, 1.165) is 16.0 Å². The fourth-order valence-corrected chi connectivity index (χ4v) is 4.50. The quantitative estimate of drug-likeness (QED) is 0.657. The van der Waals surface area contributed by atoms with E-state index in [1.54, 1.807) is 23.1 Å². The molecule has 2 aromatic carbocycles. The molecule has 1 atom stereocenters. The molecule has 0 aliphatic carbocycles. The Hall–Kier alpha value is -2.76. The third-order valence-corrected chi connectivity index (χ3v) is 6.30. The fourth-order valence-electron chi connectivity index (χ4n) is 3.70. The second-order valence-electron chi connectivity index (χ2n) is 7.21. The number of thiophene rings is 1. The van der Waals surface area contributed by atoms with Gasteiger partial charge in [0.25, 0.3) is 5.91 Å².